The molecule has 1 fully saturated rings. The normalized spacial score (nSPS) is 19.6. The minimum Gasteiger partial charge on any atom is -0.342 e. The third-order valence-electron chi connectivity index (χ3n) is 4.72. The van der Waals surface area contributed by atoms with Crippen LogP contribution in [0, 0.1) is 5.41 Å². The summed E-state index contributed by atoms with van der Waals surface area (Å²) in [4.78, 5) is 14.8. The minimum absolute atomic E-state index is 0.270. The maximum absolute atomic E-state index is 12.8. The van der Waals surface area contributed by atoms with Gasteiger partial charge in [0.05, 0.1) is 5.41 Å². The summed E-state index contributed by atoms with van der Waals surface area (Å²) in [6.07, 6.45) is 8.82. The number of rotatable bonds is 5. The van der Waals surface area contributed by atoms with Crippen molar-refractivity contribution in [2.75, 3.05) is 13.6 Å². The highest BCUT2D eigenvalue weighted by Crippen LogP contribution is 2.36. The van der Waals surface area contributed by atoms with E-state index in [1.807, 2.05) is 11.9 Å². The molecular formula is C15H30N2O. The number of nitrogens with two attached hydrogens (primary N) is 1. The van der Waals surface area contributed by atoms with E-state index >= 15 is 0 Å². The first-order chi connectivity index (χ1) is 8.61. The van der Waals surface area contributed by atoms with Crippen LogP contribution in [0.15, 0.2) is 0 Å². The first kappa shape index (κ1) is 15.5. The van der Waals surface area contributed by atoms with Crippen molar-refractivity contribution in [2.45, 2.75) is 71.3 Å². The fourth-order valence-electron chi connectivity index (χ4n) is 3.29. The van der Waals surface area contributed by atoms with Gasteiger partial charge in [-0.2, -0.15) is 0 Å². The van der Waals surface area contributed by atoms with Gasteiger partial charge in [-0.25, -0.2) is 0 Å². The number of amides is 1. The van der Waals surface area contributed by atoms with Crippen LogP contribution in [0.2, 0.25) is 0 Å². The molecule has 0 spiro atoms. The van der Waals surface area contributed by atoms with E-state index in [0.717, 1.165) is 38.5 Å². The van der Waals surface area contributed by atoms with Gasteiger partial charge in [0.2, 0.25) is 5.91 Å². The molecule has 1 aliphatic carbocycles. The molecule has 0 aromatic rings. The Labute approximate surface area is 112 Å². The van der Waals surface area contributed by atoms with Crippen molar-refractivity contribution in [3.05, 3.63) is 0 Å². The van der Waals surface area contributed by atoms with Gasteiger partial charge in [0, 0.05) is 19.6 Å². The lowest BCUT2D eigenvalue weighted by Crippen LogP contribution is -2.49. The molecule has 1 amide bonds. The summed E-state index contributed by atoms with van der Waals surface area (Å²) in [5, 5.41) is 0. The van der Waals surface area contributed by atoms with Gasteiger partial charge in [-0.3, -0.25) is 4.79 Å². The highest BCUT2D eigenvalue weighted by molar-refractivity contribution is 5.83. The Morgan fingerprint density at radius 2 is 1.67 bits per heavy atom. The van der Waals surface area contributed by atoms with Crippen LogP contribution in [0.4, 0.5) is 0 Å². The topological polar surface area (TPSA) is 46.3 Å². The van der Waals surface area contributed by atoms with E-state index in [1.54, 1.807) is 0 Å². The van der Waals surface area contributed by atoms with Gasteiger partial charge in [-0.05, 0) is 25.7 Å². The molecule has 0 bridgehead atoms. The zero-order valence-corrected chi connectivity index (χ0v) is 12.4. The smallest absolute Gasteiger partial charge is 0.230 e. The molecule has 0 radical (unpaired) electrons. The van der Waals surface area contributed by atoms with Crippen molar-refractivity contribution in [3.63, 3.8) is 0 Å². The van der Waals surface area contributed by atoms with Crippen molar-refractivity contribution < 1.29 is 4.79 Å². The molecule has 3 heteroatoms. The van der Waals surface area contributed by atoms with Crippen molar-refractivity contribution in [1.82, 2.24) is 4.90 Å². The molecule has 1 aliphatic rings. The lowest BCUT2D eigenvalue weighted by atomic mass is 9.78. The summed E-state index contributed by atoms with van der Waals surface area (Å²) in [5.41, 5.74) is 5.71. The van der Waals surface area contributed by atoms with Gasteiger partial charge in [-0.15, -0.1) is 0 Å². The summed E-state index contributed by atoms with van der Waals surface area (Å²) in [6, 6.07) is 0.365. The van der Waals surface area contributed by atoms with E-state index in [4.69, 9.17) is 5.73 Å². The van der Waals surface area contributed by atoms with Gasteiger partial charge in [0.15, 0.2) is 0 Å². The summed E-state index contributed by atoms with van der Waals surface area (Å²) in [6.45, 7) is 4.82. The molecule has 2 N–H and O–H groups in total. The molecule has 0 aliphatic heterocycles. The molecule has 0 unspecified atom stereocenters. The average molecular weight is 254 g/mol. The van der Waals surface area contributed by atoms with E-state index < -0.39 is 0 Å². The van der Waals surface area contributed by atoms with Crippen LogP contribution in [0.1, 0.15) is 65.2 Å². The number of hydrogen-bond donors (Lipinski definition) is 1. The first-order valence-electron chi connectivity index (χ1n) is 7.58. The molecule has 0 aromatic carbocycles. The zero-order chi connectivity index (χ0) is 13.6. The highest BCUT2D eigenvalue weighted by atomic mass is 16.2. The Bertz CT molecular complexity index is 253. The van der Waals surface area contributed by atoms with E-state index in [1.165, 1.54) is 12.8 Å². The zero-order valence-electron chi connectivity index (χ0n) is 12.4. The minimum atomic E-state index is -0.270. The number of nitrogens with zero attached hydrogens (tertiary/aromatic N) is 1. The SMILES string of the molecule is CCC(CC)N(C)C(=O)C1(CN)CCCCCC1. The Kier molecular flexibility index (Phi) is 6.13. The summed E-state index contributed by atoms with van der Waals surface area (Å²) in [7, 11) is 1.96. The standard InChI is InChI=1S/C15H30N2O/c1-4-13(5-2)17(3)14(18)15(12-16)10-8-6-7-9-11-15/h13H,4-12,16H2,1-3H3. The second kappa shape index (κ2) is 7.13. The average Bonchev–Trinajstić information content (AvgIpc) is 2.65. The Hall–Kier alpha value is -0.570. The van der Waals surface area contributed by atoms with E-state index in [0.29, 0.717) is 18.5 Å². The maximum Gasteiger partial charge on any atom is 0.230 e. The molecule has 0 aromatic heterocycles. The molecule has 0 heterocycles. The lowest BCUT2D eigenvalue weighted by molar-refractivity contribution is -0.143. The molecule has 106 valence electrons. The predicted octanol–water partition coefficient (Wildman–Crippen LogP) is 2.93. The summed E-state index contributed by atoms with van der Waals surface area (Å²) in [5.74, 6) is 0.292. The lowest BCUT2D eigenvalue weighted by Gasteiger charge is -2.37. The van der Waals surface area contributed by atoms with Crippen molar-refractivity contribution in [2.24, 2.45) is 11.1 Å². The monoisotopic (exact) mass is 254 g/mol. The third-order valence-corrected chi connectivity index (χ3v) is 4.72. The van der Waals surface area contributed by atoms with Gasteiger partial charge in [0.25, 0.3) is 0 Å². The van der Waals surface area contributed by atoms with Crippen LogP contribution >= 0.6 is 0 Å². The fraction of sp³-hybridized carbons (Fsp3) is 0.933. The van der Waals surface area contributed by atoms with Gasteiger partial charge >= 0.3 is 0 Å². The maximum atomic E-state index is 12.8. The van der Waals surface area contributed by atoms with Crippen molar-refractivity contribution in [1.29, 1.82) is 0 Å². The van der Waals surface area contributed by atoms with E-state index in [-0.39, 0.29) is 5.41 Å². The van der Waals surface area contributed by atoms with Gasteiger partial charge in [0.1, 0.15) is 0 Å². The fourth-order valence-corrected chi connectivity index (χ4v) is 3.29. The second-order valence-electron chi connectivity index (χ2n) is 5.79. The Morgan fingerprint density at radius 1 is 1.17 bits per heavy atom. The molecule has 3 nitrogen and oxygen atoms in total. The van der Waals surface area contributed by atoms with Crippen LogP contribution in [0.25, 0.3) is 0 Å². The Balaban J connectivity index is 2.82. The second-order valence-corrected chi connectivity index (χ2v) is 5.79. The largest absolute Gasteiger partial charge is 0.342 e. The quantitative estimate of drug-likeness (QED) is 0.767. The molecule has 0 saturated heterocycles. The highest BCUT2D eigenvalue weighted by Gasteiger charge is 2.40. The van der Waals surface area contributed by atoms with E-state index in [9.17, 15) is 4.79 Å². The molecule has 0 atom stereocenters. The number of carbonyl (C=O) groups is 1. The molecular weight excluding hydrogens is 224 g/mol. The molecule has 1 saturated carbocycles. The summed E-state index contributed by atoms with van der Waals surface area (Å²) >= 11 is 0. The van der Waals surface area contributed by atoms with Crippen LogP contribution in [0.5, 0.6) is 0 Å². The van der Waals surface area contributed by atoms with Crippen molar-refractivity contribution in [3.8, 4) is 0 Å². The summed E-state index contributed by atoms with van der Waals surface area (Å²) < 4.78 is 0. The number of hydrogen-bond acceptors (Lipinski definition) is 2. The van der Waals surface area contributed by atoms with Crippen LogP contribution < -0.4 is 5.73 Å². The van der Waals surface area contributed by atoms with Crippen molar-refractivity contribution >= 4 is 5.91 Å². The number of carbonyl (C=O) groups excluding carboxylic acids is 1. The first-order valence-corrected chi connectivity index (χ1v) is 7.58. The van der Waals surface area contributed by atoms with Gasteiger partial charge in [-0.1, -0.05) is 39.5 Å². The Morgan fingerprint density at radius 3 is 2.06 bits per heavy atom. The molecule has 18 heavy (non-hydrogen) atoms. The van der Waals surface area contributed by atoms with E-state index in [2.05, 4.69) is 13.8 Å². The third kappa shape index (κ3) is 3.25. The van der Waals surface area contributed by atoms with Crippen LogP contribution in [0.3, 0.4) is 0 Å². The van der Waals surface area contributed by atoms with Crippen LogP contribution in [-0.2, 0) is 4.79 Å². The molecule has 1 rings (SSSR count). The van der Waals surface area contributed by atoms with Crippen LogP contribution in [-0.4, -0.2) is 30.4 Å². The predicted molar refractivity (Wildman–Crippen MR) is 76.3 cm³/mol. The van der Waals surface area contributed by atoms with Gasteiger partial charge < -0.3 is 10.6 Å².